The molecule has 1 N–H and O–H groups in total. The van der Waals surface area contributed by atoms with Gasteiger partial charge in [0.2, 0.25) is 0 Å². The number of benzene rings is 1. The molecule has 0 bridgehead atoms. The maximum absolute atomic E-state index is 10.8. The average molecular weight is 282 g/mol. The van der Waals surface area contributed by atoms with Crippen molar-refractivity contribution in [2.45, 2.75) is 38.4 Å². The van der Waals surface area contributed by atoms with Crippen molar-refractivity contribution in [1.29, 1.82) is 0 Å². The van der Waals surface area contributed by atoms with Crippen molar-refractivity contribution in [3.05, 3.63) is 29.8 Å². The van der Waals surface area contributed by atoms with Gasteiger partial charge < -0.3 is 9.84 Å². The Hall–Kier alpha value is -1.16. The number of hydrogen-bond donors (Lipinski definition) is 1. The first-order valence-corrected chi connectivity index (χ1v) is 7.72. The predicted octanol–water partition coefficient (Wildman–Crippen LogP) is 3.75. The highest BCUT2D eigenvalue weighted by molar-refractivity contribution is 8.00. The van der Waals surface area contributed by atoms with Crippen molar-refractivity contribution >= 4 is 17.7 Å². The van der Waals surface area contributed by atoms with Gasteiger partial charge in [-0.15, -0.1) is 11.8 Å². The SMILES string of the molecule is CCC(SCCCCOc1cccc(C)c1)C(=O)O. The van der Waals surface area contributed by atoms with Gasteiger partial charge in [-0.05, 0) is 49.6 Å². The Morgan fingerprint density at radius 3 is 2.84 bits per heavy atom. The number of carboxylic acid groups (broad SMARTS) is 1. The summed E-state index contributed by atoms with van der Waals surface area (Å²) in [5.41, 5.74) is 1.19. The Bertz CT molecular complexity index is 393. The lowest BCUT2D eigenvalue weighted by atomic mass is 10.2. The number of ether oxygens (including phenoxy) is 1. The van der Waals surface area contributed by atoms with E-state index in [1.165, 1.54) is 17.3 Å². The number of hydrogen-bond acceptors (Lipinski definition) is 3. The molecule has 0 aliphatic heterocycles. The summed E-state index contributed by atoms with van der Waals surface area (Å²) in [5, 5.41) is 8.64. The zero-order valence-corrected chi connectivity index (χ0v) is 12.4. The van der Waals surface area contributed by atoms with Gasteiger partial charge in [0.1, 0.15) is 11.0 Å². The lowest BCUT2D eigenvalue weighted by Crippen LogP contribution is -2.15. The molecule has 0 spiro atoms. The van der Waals surface area contributed by atoms with Gasteiger partial charge in [-0.2, -0.15) is 0 Å². The molecule has 1 unspecified atom stereocenters. The standard InChI is InChI=1S/C15H22O3S/c1-3-14(15(16)17)19-10-5-4-9-18-13-8-6-7-12(2)11-13/h6-8,11,14H,3-5,9-10H2,1-2H3,(H,16,17). The number of thioether (sulfide) groups is 1. The average Bonchev–Trinajstić information content (AvgIpc) is 2.37. The van der Waals surface area contributed by atoms with E-state index >= 15 is 0 Å². The van der Waals surface area contributed by atoms with Gasteiger partial charge in [-0.25, -0.2) is 0 Å². The van der Waals surface area contributed by atoms with E-state index in [1.54, 1.807) is 0 Å². The third kappa shape index (κ3) is 6.53. The summed E-state index contributed by atoms with van der Waals surface area (Å²) < 4.78 is 5.64. The van der Waals surface area contributed by atoms with Crippen LogP contribution in [0, 0.1) is 6.92 Å². The fourth-order valence-corrected chi connectivity index (χ4v) is 2.72. The molecule has 4 heteroatoms. The molecule has 0 aliphatic carbocycles. The van der Waals surface area contributed by atoms with Crippen LogP contribution in [0.2, 0.25) is 0 Å². The van der Waals surface area contributed by atoms with Crippen molar-refractivity contribution in [2.75, 3.05) is 12.4 Å². The van der Waals surface area contributed by atoms with Crippen molar-refractivity contribution in [3.8, 4) is 5.75 Å². The summed E-state index contributed by atoms with van der Waals surface area (Å²) in [6, 6.07) is 8.01. The molecule has 0 saturated heterocycles. The molecule has 1 atom stereocenters. The smallest absolute Gasteiger partial charge is 0.316 e. The Balaban J connectivity index is 2.10. The first-order chi connectivity index (χ1) is 9.13. The fourth-order valence-electron chi connectivity index (χ4n) is 1.69. The van der Waals surface area contributed by atoms with E-state index in [2.05, 4.69) is 0 Å². The number of carboxylic acids is 1. The van der Waals surface area contributed by atoms with E-state index in [-0.39, 0.29) is 5.25 Å². The number of carbonyl (C=O) groups is 1. The Labute approximate surface area is 119 Å². The second-order valence-electron chi connectivity index (χ2n) is 4.48. The normalized spacial score (nSPS) is 12.1. The van der Waals surface area contributed by atoms with Gasteiger partial charge in [0.25, 0.3) is 0 Å². The lowest BCUT2D eigenvalue weighted by molar-refractivity contribution is -0.136. The Morgan fingerprint density at radius 1 is 1.42 bits per heavy atom. The first kappa shape index (κ1) is 15.9. The van der Waals surface area contributed by atoms with Crippen LogP contribution in [0.5, 0.6) is 5.75 Å². The Kier molecular flexibility index (Phi) is 7.41. The van der Waals surface area contributed by atoms with Gasteiger partial charge in [0.15, 0.2) is 0 Å². The molecular formula is C15H22O3S. The first-order valence-electron chi connectivity index (χ1n) is 6.67. The largest absolute Gasteiger partial charge is 0.494 e. The van der Waals surface area contributed by atoms with Crippen LogP contribution in [-0.4, -0.2) is 28.7 Å². The van der Waals surface area contributed by atoms with E-state index in [9.17, 15) is 4.79 Å². The molecular weight excluding hydrogens is 260 g/mol. The summed E-state index contributed by atoms with van der Waals surface area (Å²) in [6.45, 7) is 4.64. The third-order valence-electron chi connectivity index (χ3n) is 2.76. The monoisotopic (exact) mass is 282 g/mol. The second kappa shape index (κ2) is 8.86. The molecule has 0 radical (unpaired) electrons. The van der Waals surface area contributed by atoms with E-state index < -0.39 is 5.97 Å². The van der Waals surface area contributed by atoms with Gasteiger partial charge >= 0.3 is 5.97 Å². The lowest BCUT2D eigenvalue weighted by Gasteiger charge is -2.09. The maximum atomic E-state index is 10.8. The van der Waals surface area contributed by atoms with Crippen molar-refractivity contribution in [2.24, 2.45) is 0 Å². The summed E-state index contributed by atoms with van der Waals surface area (Å²) in [5.74, 6) is 1.08. The van der Waals surface area contributed by atoms with Crippen LogP contribution in [0.3, 0.4) is 0 Å². The Morgan fingerprint density at radius 2 is 2.21 bits per heavy atom. The zero-order valence-electron chi connectivity index (χ0n) is 11.6. The maximum Gasteiger partial charge on any atom is 0.316 e. The number of aliphatic carboxylic acids is 1. The minimum atomic E-state index is -0.705. The van der Waals surface area contributed by atoms with Crippen LogP contribution < -0.4 is 4.74 Å². The molecule has 0 aliphatic rings. The van der Waals surface area contributed by atoms with Crippen LogP contribution in [0.25, 0.3) is 0 Å². The summed E-state index contributed by atoms with van der Waals surface area (Å²) in [7, 11) is 0. The number of aryl methyl sites for hydroxylation is 1. The van der Waals surface area contributed by atoms with Crippen molar-refractivity contribution in [1.82, 2.24) is 0 Å². The van der Waals surface area contributed by atoms with Gasteiger partial charge in [0.05, 0.1) is 6.61 Å². The van der Waals surface area contributed by atoms with Crippen LogP contribution in [0.15, 0.2) is 24.3 Å². The second-order valence-corrected chi connectivity index (χ2v) is 5.79. The molecule has 19 heavy (non-hydrogen) atoms. The van der Waals surface area contributed by atoms with Crippen LogP contribution in [0.1, 0.15) is 31.7 Å². The quantitative estimate of drug-likeness (QED) is 0.701. The van der Waals surface area contributed by atoms with E-state index in [4.69, 9.17) is 9.84 Å². The molecule has 0 aromatic heterocycles. The minimum absolute atomic E-state index is 0.266. The molecule has 1 aromatic carbocycles. The van der Waals surface area contributed by atoms with Crippen LogP contribution >= 0.6 is 11.8 Å². The third-order valence-corrected chi connectivity index (χ3v) is 4.22. The van der Waals surface area contributed by atoms with Crippen molar-refractivity contribution < 1.29 is 14.6 Å². The molecule has 106 valence electrons. The molecule has 3 nitrogen and oxygen atoms in total. The number of unbranched alkanes of at least 4 members (excludes halogenated alkanes) is 1. The molecule has 0 heterocycles. The summed E-state index contributed by atoms with van der Waals surface area (Å²) in [6.07, 6.45) is 2.62. The fraction of sp³-hybridized carbons (Fsp3) is 0.533. The van der Waals surface area contributed by atoms with Gasteiger partial charge in [-0.3, -0.25) is 4.79 Å². The molecule has 0 amide bonds. The van der Waals surface area contributed by atoms with E-state index in [0.717, 1.165) is 24.3 Å². The highest BCUT2D eigenvalue weighted by atomic mass is 32.2. The molecule has 0 saturated carbocycles. The molecule has 1 aromatic rings. The highest BCUT2D eigenvalue weighted by Crippen LogP contribution is 2.17. The highest BCUT2D eigenvalue weighted by Gasteiger charge is 2.14. The van der Waals surface area contributed by atoms with Gasteiger partial charge in [-0.1, -0.05) is 19.1 Å². The minimum Gasteiger partial charge on any atom is -0.494 e. The van der Waals surface area contributed by atoms with E-state index in [0.29, 0.717) is 13.0 Å². The van der Waals surface area contributed by atoms with E-state index in [1.807, 2.05) is 38.1 Å². The summed E-state index contributed by atoms with van der Waals surface area (Å²) >= 11 is 1.52. The topological polar surface area (TPSA) is 46.5 Å². The van der Waals surface area contributed by atoms with Crippen LogP contribution in [0.4, 0.5) is 0 Å². The molecule has 0 fully saturated rings. The zero-order chi connectivity index (χ0) is 14.1. The van der Waals surface area contributed by atoms with Crippen molar-refractivity contribution in [3.63, 3.8) is 0 Å². The summed E-state index contributed by atoms with van der Waals surface area (Å²) in [4.78, 5) is 10.8. The van der Waals surface area contributed by atoms with Gasteiger partial charge in [0, 0.05) is 0 Å². The number of rotatable bonds is 9. The molecule has 1 rings (SSSR count). The van der Waals surface area contributed by atoms with Crippen LogP contribution in [-0.2, 0) is 4.79 Å². The predicted molar refractivity (Wildman–Crippen MR) is 80.1 cm³/mol.